The van der Waals surface area contributed by atoms with Crippen molar-refractivity contribution < 1.29 is 0 Å². The average Bonchev–Trinajstić information content (AvgIpc) is 2.05. The molecule has 0 bridgehead atoms. The molecule has 1 rings (SSSR count). The van der Waals surface area contributed by atoms with E-state index in [0.29, 0.717) is 0 Å². The molecule has 0 aliphatic carbocycles. The number of hydrogen-bond donors (Lipinski definition) is 2. The minimum Gasteiger partial charge on any atom is -0.388 e. The fourth-order valence-corrected chi connectivity index (χ4v) is 1.34. The number of nitrogens with one attached hydrogen (secondary N) is 1. The lowest BCUT2D eigenvalue weighted by Gasteiger charge is -2.09. The third-order valence-electron chi connectivity index (χ3n) is 1.78. The molecule has 0 saturated heterocycles. The lowest BCUT2D eigenvalue weighted by Crippen LogP contribution is -2.06. The Hall–Kier alpha value is -0.730. The number of anilines is 1. The zero-order valence-corrected chi connectivity index (χ0v) is 8.02. The molecule has 0 fully saturated rings. The van der Waals surface area contributed by atoms with Gasteiger partial charge in [0.05, 0.1) is 0 Å². The van der Waals surface area contributed by atoms with Gasteiger partial charge in [0.25, 0.3) is 0 Å². The third-order valence-corrected chi connectivity index (χ3v) is 2.12. The van der Waals surface area contributed by atoms with Crippen LogP contribution in [0.1, 0.15) is 18.5 Å². The van der Waals surface area contributed by atoms with Crippen molar-refractivity contribution in [1.82, 2.24) is 0 Å². The van der Waals surface area contributed by atoms with Crippen molar-refractivity contribution in [2.24, 2.45) is 5.73 Å². The zero-order chi connectivity index (χ0) is 9.14. The van der Waals surface area contributed by atoms with Crippen molar-refractivity contribution in [3.8, 4) is 0 Å². The van der Waals surface area contributed by atoms with Crippen LogP contribution in [0, 0.1) is 0 Å². The van der Waals surface area contributed by atoms with Gasteiger partial charge in [0.15, 0.2) is 0 Å². The van der Waals surface area contributed by atoms with Crippen LogP contribution >= 0.6 is 11.6 Å². The van der Waals surface area contributed by atoms with Gasteiger partial charge in [0.1, 0.15) is 0 Å². The molecular weight excluding hydrogens is 172 g/mol. The van der Waals surface area contributed by atoms with Crippen LogP contribution in [0.3, 0.4) is 0 Å². The Balaban J connectivity index is 3.08. The third kappa shape index (κ3) is 1.90. The van der Waals surface area contributed by atoms with E-state index in [9.17, 15) is 0 Å². The summed E-state index contributed by atoms with van der Waals surface area (Å²) in [6.45, 7) is 1.92. The predicted molar refractivity (Wildman–Crippen MR) is 53.6 cm³/mol. The van der Waals surface area contributed by atoms with E-state index in [0.717, 1.165) is 16.3 Å². The van der Waals surface area contributed by atoms with Crippen LogP contribution in [0.2, 0.25) is 5.02 Å². The lowest BCUT2D eigenvalue weighted by atomic mass is 10.1. The van der Waals surface area contributed by atoms with E-state index in [1.54, 1.807) is 0 Å². The fourth-order valence-electron chi connectivity index (χ4n) is 1.05. The van der Waals surface area contributed by atoms with Crippen LogP contribution in [-0.2, 0) is 0 Å². The van der Waals surface area contributed by atoms with E-state index >= 15 is 0 Å². The first-order chi connectivity index (χ1) is 5.65. The van der Waals surface area contributed by atoms with Crippen LogP contribution in [0.5, 0.6) is 0 Å². The molecule has 1 atom stereocenters. The molecule has 0 aromatic heterocycles. The number of rotatable bonds is 2. The van der Waals surface area contributed by atoms with E-state index in [1.807, 2.05) is 32.2 Å². The molecule has 12 heavy (non-hydrogen) atoms. The number of hydrogen-bond acceptors (Lipinski definition) is 2. The summed E-state index contributed by atoms with van der Waals surface area (Å²) >= 11 is 5.94. The van der Waals surface area contributed by atoms with Gasteiger partial charge in [-0.2, -0.15) is 0 Å². The van der Waals surface area contributed by atoms with Gasteiger partial charge in [0.2, 0.25) is 0 Å². The van der Waals surface area contributed by atoms with Crippen molar-refractivity contribution in [2.45, 2.75) is 13.0 Å². The maximum Gasteiger partial charge on any atom is 0.0455 e. The minimum absolute atomic E-state index is 0.0224. The molecule has 0 amide bonds. The van der Waals surface area contributed by atoms with Gasteiger partial charge in [-0.05, 0) is 30.7 Å². The van der Waals surface area contributed by atoms with E-state index in [2.05, 4.69) is 5.32 Å². The molecule has 0 spiro atoms. The van der Waals surface area contributed by atoms with E-state index < -0.39 is 0 Å². The van der Waals surface area contributed by atoms with Gasteiger partial charge in [0, 0.05) is 23.8 Å². The Morgan fingerprint density at radius 1 is 1.50 bits per heavy atom. The van der Waals surface area contributed by atoms with Gasteiger partial charge in [-0.15, -0.1) is 0 Å². The largest absolute Gasteiger partial charge is 0.388 e. The van der Waals surface area contributed by atoms with Gasteiger partial charge >= 0.3 is 0 Å². The molecule has 0 radical (unpaired) electrons. The van der Waals surface area contributed by atoms with Crippen molar-refractivity contribution >= 4 is 17.3 Å². The summed E-state index contributed by atoms with van der Waals surface area (Å²) in [4.78, 5) is 0. The molecule has 3 N–H and O–H groups in total. The molecule has 66 valence electrons. The molecule has 0 aliphatic rings. The molecule has 0 aliphatic heterocycles. The van der Waals surface area contributed by atoms with Crippen molar-refractivity contribution in [1.29, 1.82) is 0 Å². The maximum atomic E-state index is 5.94. The Kier molecular flexibility index (Phi) is 2.95. The van der Waals surface area contributed by atoms with E-state index in [4.69, 9.17) is 17.3 Å². The second-order valence-corrected chi connectivity index (χ2v) is 3.18. The molecule has 1 aromatic carbocycles. The Labute approximate surface area is 77.7 Å². The highest BCUT2D eigenvalue weighted by Crippen LogP contribution is 2.24. The van der Waals surface area contributed by atoms with Crippen LogP contribution in [-0.4, -0.2) is 7.05 Å². The molecule has 1 unspecified atom stereocenters. The predicted octanol–water partition coefficient (Wildman–Crippen LogP) is 2.40. The van der Waals surface area contributed by atoms with Crippen LogP contribution in [0.15, 0.2) is 18.2 Å². The van der Waals surface area contributed by atoms with Gasteiger partial charge in [-0.25, -0.2) is 0 Å². The molecule has 2 nitrogen and oxygen atoms in total. The smallest absolute Gasteiger partial charge is 0.0455 e. The highest BCUT2D eigenvalue weighted by molar-refractivity contribution is 6.31. The van der Waals surface area contributed by atoms with Crippen LogP contribution < -0.4 is 11.1 Å². The van der Waals surface area contributed by atoms with Gasteiger partial charge in [-0.3, -0.25) is 0 Å². The summed E-state index contributed by atoms with van der Waals surface area (Å²) in [5, 5.41) is 3.76. The summed E-state index contributed by atoms with van der Waals surface area (Å²) in [5.74, 6) is 0. The Morgan fingerprint density at radius 2 is 2.17 bits per heavy atom. The molecule has 0 saturated carbocycles. The van der Waals surface area contributed by atoms with Crippen LogP contribution in [0.25, 0.3) is 0 Å². The lowest BCUT2D eigenvalue weighted by molar-refractivity contribution is 0.819. The SMILES string of the molecule is CNc1ccc(Cl)c(C(C)N)c1. The number of benzene rings is 1. The maximum absolute atomic E-state index is 5.94. The van der Waals surface area contributed by atoms with E-state index in [-0.39, 0.29) is 6.04 Å². The summed E-state index contributed by atoms with van der Waals surface area (Å²) < 4.78 is 0. The van der Waals surface area contributed by atoms with Crippen molar-refractivity contribution in [2.75, 3.05) is 12.4 Å². The standard InChI is InChI=1S/C9H13ClN2/c1-6(11)8-5-7(12-2)3-4-9(8)10/h3-6,12H,11H2,1-2H3. The molecule has 1 aromatic rings. The summed E-state index contributed by atoms with van der Waals surface area (Å²) in [6.07, 6.45) is 0. The minimum atomic E-state index is -0.0224. The second kappa shape index (κ2) is 3.78. The molecule has 3 heteroatoms. The first-order valence-corrected chi connectivity index (χ1v) is 4.25. The monoisotopic (exact) mass is 184 g/mol. The molecule has 0 heterocycles. The first-order valence-electron chi connectivity index (χ1n) is 3.88. The highest BCUT2D eigenvalue weighted by Gasteiger charge is 2.04. The topological polar surface area (TPSA) is 38.0 Å². The second-order valence-electron chi connectivity index (χ2n) is 2.77. The Bertz CT molecular complexity index is 271. The normalized spacial score (nSPS) is 12.7. The summed E-state index contributed by atoms with van der Waals surface area (Å²) in [7, 11) is 1.87. The van der Waals surface area contributed by atoms with Crippen molar-refractivity contribution in [3.63, 3.8) is 0 Å². The van der Waals surface area contributed by atoms with Gasteiger partial charge < -0.3 is 11.1 Å². The quantitative estimate of drug-likeness (QED) is 0.741. The van der Waals surface area contributed by atoms with Crippen molar-refractivity contribution in [3.05, 3.63) is 28.8 Å². The van der Waals surface area contributed by atoms with E-state index in [1.165, 1.54) is 0 Å². The first kappa shape index (κ1) is 9.36. The fraction of sp³-hybridized carbons (Fsp3) is 0.333. The Morgan fingerprint density at radius 3 is 2.67 bits per heavy atom. The number of halogens is 1. The van der Waals surface area contributed by atoms with Gasteiger partial charge in [-0.1, -0.05) is 11.6 Å². The molecular formula is C9H13ClN2. The summed E-state index contributed by atoms with van der Waals surface area (Å²) in [6, 6.07) is 5.72. The summed E-state index contributed by atoms with van der Waals surface area (Å²) in [5.41, 5.74) is 7.74. The van der Waals surface area contributed by atoms with Crippen LogP contribution in [0.4, 0.5) is 5.69 Å². The average molecular weight is 185 g/mol. The number of nitrogens with two attached hydrogens (primary N) is 1. The highest BCUT2D eigenvalue weighted by atomic mass is 35.5. The zero-order valence-electron chi connectivity index (χ0n) is 7.26.